The third-order valence-electron chi connectivity index (χ3n) is 2.61. The zero-order chi connectivity index (χ0) is 12.9. The fourth-order valence-corrected chi connectivity index (χ4v) is 1.51. The maximum absolute atomic E-state index is 10.9. The van der Waals surface area contributed by atoms with E-state index in [0.29, 0.717) is 13.0 Å². The van der Waals surface area contributed by atoms with Gasteiger partial charge in [0.1, 0.15) is 0 Å². The molecule has 0 amide bonds. The summed E-state index contributed by atoms with van der Waals surface area (Å²) < 4.78 is 0. The maximum atomic E-state index is 10.9. The molecule has 0 spiro atoms. The van der Waals surface area contributed by atoms with Gasteiger partial charge in [0, 0.05) is 0 Å². The first-order valence-electron chi connectivity index (χ1n) is 6.73. The molecule has 0 aromatic carbocycles. The number of carboxylic acid groups (broad SMARTS) is 1. The molecule has 1 atom stereocenters. The molecule has 0 heterocycles. The fourth-order valence-electron chi connectivity index (χ4n) is 1.51. The standard InChI is InChI=1S/C13H26O4/c1-3-5-7-8-10-12(13(14)15)17-16-11-9-6-4-2/h12H,3-11H2,1-2H3,(H,14,15). The molecule has 0 bridgehead atoms. The molecule has 0 aromatic rings. The van der Waals surface area contributed by atoms with E-state index >= 15 is 0 Å². The van der Waals surface area contributed by atoms with Crippen molar-refractivity contribution in [3.8, 4) is 0 Å². The minimum absolute atomic E-state index is 0.479. The molecule has 0 rings (SSSR count). The van der Waals surface area contributed by atoms with Crippen molar-refractivity contribution in [1.82, 2.24) is 0 Å². The van der Waals surface area contributed by atoms with Gasteiger partial charge < -0.3 is 5.11 Å². The Balaban J connectivity index is 3.57. The summed E-state index contributed by atoms with van der Waals surface area (Å²) >= 11 is 0. The van der Waals surface area contributed by atoms with Crippen LogP contribution in [0, 0.1) is 0 Å². The lowest BCUT2D eigenvalue weighted by Gasteiger charge is -2.12. The molecule has 4 nitrogen and oxygen atoms in total. The molecule has 0 aliphatic rings. The fraction of sp³-hybridized carbons (Fsp3) is 0.923. The topological polar surface area (TPSA) is 55.8 Å². The summed E-state index contributed by atoms with van der Waals surface area (Å²) in [6.45, 7) is 4.71. The quantitative estimate of drug-likeness (QED) is 0.325. The summed E-state index contributed by atoms with van der Waals surface area (Å²) in [5.74, 6) is -0.933. The number of carboxylic acids is 1. The highest BCUT2D eigenvalue weighted by atomic mass is 17.2. The van der Waals surface area contributed by atoms with Crippen LogP contribution >= 0.6 is 0 Å². The molecule has 17 heavy (non-hydrogen) atoms. The van der Waals surface area contributed by atoms with Crippen molar-refractivity contribution in [2.75, 3.05) is 6.61 Å². The van der Waals surface area contributed by atoms with Crippen LogP contribution < -0.4 is 0 Å². The average molecular weight is 246 g/mol. The minimum Gasteiger partial charge on any atom is -0.479 e. The van der Waals surface area contributed by atoms with Gasteiger partial charge in [-0.05, 0) is 12.8 Å². The van der Waals surface area contributed by atoms with Crippen molar-refractivity contribution >= 4 is 5.97 Å². The van der Waals surface area contributed by atoms with Gasteiger partial charge in [-0.1, -0.05) is 52.4 Å². The Morgan fingerprint density at radius 2 is 1.71 bits per heavy atom. The second-order valence-electron chi connectivity index (χ2n) is 4.30. The molecule has 102 valence electrons. The molecule has 0 radical (unpaired) electrons. The van der Waals surface area contributed by atoms with E-state index < -0.39 is 12.1 Å². The minimum atomic E-state index is -0.933. The molecule has 1 unspecified atom stereocenters. The highest BCUT2D eigenvalue weighted by Crippen LogP contribution is 2.09. The molecule has 0 saturated heterocycles. The number of aliphatic carboxylic acids is 1. The zero-order valence-electron chi connectivity index (χ0n) is 11.1. The van der Waals surface area contributed by atoms with Crippen molar-refractivity contribution in [1.29, 1.82) is 0 Å². The Bertz CT molecular complexity index is 182. The third-order valence-corrected chi connectivity index (χ3v) is 2.61. The monoisotopic (exact) mass is 246 g/mol. The van der Waals surface area contributed by atoms with Crippen molar-refractivity contribution in [3.05, 3.63) is 0 Å². The lowest BCUT2D eigenvalue weighted by Crippen LogP contribution is -2.24. The second kappa shape index (κ2) is 11.9. The predicted molar refractivity (Wildman–Crippen MR) is 66.7 cm³/mol. The lowest BCUT2D eigenvalue weighted by atomic mass is 10.1. The van der Waals surface area contributed by atoms with Crippen molar-refractivity contribution in [2.24, 2.45) is 0 Å². The molecule has 0 aliphatic carbocycles. The van der Waals surface area contributed by atoms with Crippen LogP contribution in [0.4, 0.5) is 0 Å². The van der Waals surface area contributed by atoms with Crippen molar-refractivity contribution in [2.45, 2.75) is 71.3 Å². The van der Waals surface area contributed by atoms with Gasteiger partial charge in [0.15, 0.2) is 6.10 Å². The molecule has 0 aromatic heterocycles. The number of unbranched alkanes of at least 4 members (excludes halogenated alkanes) is 5. The number of carbonyl (C=O) groups is 1. The number of hydrogen-bond acceptors (Lipinski definition) is 3. The third kappa shape index (κ3) is 10.3. The second-order valence-corrected chi connectivity index (χ2v) is 4.30. The van der Waals surface area contributed by atoms with Crippen LogP contribution in [0.1, 0.15) is 65.2 Å². The van der Waals surface area contributed by atoms with Gasteiger partial charge in [0.2, 0.25) is 0 Å². The Kier molecular flexibility index (Phi) is 11.4. The average Bonchev–Trinajstić information content (AvgIpc) is 2.31. The summed E-state index contributed by atoms with van der Waals surface area (Å²) in [6, 6.07) is 0. The van der Waals surface area contributed by atoms with Gasteiger partial charge >= 0.3 is 5.97 Å². The normalized spacial score (nSPS) is 12.6. The van der Waals surface area contributed by atoms with Gasteiger partial charge in [-0.2, -0.15) is 0 Å². The van der Waals surface area contributed by atoms with Crippen LogP contribution in [0.25, 0.3) is 0 Å². The smallest absolute Gasteiger partial charge is 0.336 e. The van der Waals surface area contributed by atoms with E-state index in [2.05, 4.69) is 13.8 Å². The Morgan fingerprint density at radius 3 is 2.29 bits per heavy atom. The highest BCUT2D eigenvalue weighted by Gasteiger charge is 2.18. The van der Waals surface area contributed by atoms with E-state index in [1.807, 2.05) is 0 Å². The van der Waals surface area contributed by atoms with Crippen LogP contribution in [-0.2, 0) is 14.6 Å². The van der Waals surface area contributed by atoms with Crippen molar-refractivity contribution < 1.29 is 19.7 Å². The molecule has 0 aliphatic heterocycles. The van der Waals surface area contributed by atoms with E-state index in [-0.39, 0.29) is 0 Å². The maximum Gasteiger partial charge on any atom is 0.336 e. The highest BCUT2D eigenvalue weighted by molar-refractivity contribution is 5.72. The van der Waals surface area contributed by atoms with E-state index in [9.17, 15) is 4.79 Å². The number of hydrogen-bond donors (Lipinski definition) is 1. The van der Waals surface area contributed by atoms with Crippen molar-refractivity contribution in [3.63, 3.8) is 0 Å². The molecular formula is C13H26O4. The predicted octanol–water partition coefficient (Wildman–Crippen LogP) is 3.55. The van der Waals surface area contributed by atoms with E-state index in [1.165, 1.54) is 0 Å². The molecular weight excluding hydrogens is 220 g/mol. The molecule has 4 heteroatoms. The van der Waals surface area contributed by atoms with Crippen LogP contribution in [-0.4, -0.2) is 23.8 Å². The lowest BCUT2D eigenvalue weighted by molar-refractivity contribution is -0.321. The zero-order valence-corrected chi connectivity index (χ0v) is 11.1. The van der Waals surface area contributed by atoms with Gasteiger partial charge in [-0.25, -0.2) is 14.6 Å². The van der Waals surface area contributed by atoms with E-state index in [4.69, 9.17) is 14.9 Å². The molecule has 0 fully saturated rings. The summed E-state index contributed by atoms with van der Waals surface area (Å²) in [4.78, 5) is 20.7. The largest absolute Gasteiger partial charge is 0.479 e. The Labute approximate surface area is 104 Å². The van der Waals surface area contributed by atoms with Gasteiger partial charge in [0.05, 0.1) is 6.61 Å². The summed E-state index contributed by atoms with van der Waals surface area (Å²) in [6.07, 6.45) is 7.05. The number of rotatable bonds is 12. The molecule has 0 saturated carbocycles. The summed E-state index contributed by atoms with van der Waals surface area (Å²) in [7, 11) is 0. The Hall–Kier alpha value is -0.610. The van der Waals surface area contributed by atoms with Gasteiger partial charge in [0.25, 0.3) is 0 Å². The van der Waals surface area contributed by atoms with E-state index in [0.717, 1.165) is 44.9 Å². The van der Waals surface area contributed by atoms with Crippen LogP contribution in [0.5, 0.6) is 0 Å². The first kappa shape index (κ1) is 16.4. The van der Waals surface area contributed by atoms with E-state index in [1.54, 1.807) is 0 Å². The van der Waals surface area contributed by atoms with Gasteiger partial charge in [-0.15, -0.1) is 0 Å². The van der Waals surface area contributed by atoms with Crippen LogP contribution in [0.15, 0.2) is 0 Å². The first-order valence-corrected chi connectivity index (χ1v) is 6.73. The first-order chi connectivity index (χ1) is 8.22. The molecule has 1 N–H and O–H groups in total. The van der Waals surface area contributed by atoms with Crippen LogP contribution in [0.2, 0.25) is 0 Å². The SMILES string of the molecule is CCCCCCC(OOCCCCC)C(=O)O. The summed E-state index contributed by atoms with van der Waals surface area (Å²) in [5.41, 5.74) is 0. The van der Waals surface area contributed by atoms with Crippen LogP contribution in [0.3, 0.4) is 0 Å². The van der Waals surface area contributed by atoms with Gasteiger partial charge in [-0.3, -0.25) is 0 Å². The Morgan fingerprint density at radius 1 is 1.06 bits per heavy atom. The summed E-state index contributed by atoms with van der Waals surface area (Å²) in [5, 5.41) is 8.93.